The lowest BCUT2D eigenvalue weighted by molar-refractivity contribution is -0.138. The van der Waals surface area contributed by atoms with E-state index in [0.717, 1.165) is 18.5 Å². The van der Waals surface area contributed by atoms with Crippen LogP contribution in [0.1, 0.15) is 18.9 Å². The third-order valence-corrected chi connectivity index (χ3v) is 3.38. The summed E-state index contributed by atoms with van der Waals surface area (Å²) in [5.74, 6) is -0.944. The number of nitrogens with zero attached hydrogens (tertiary/aromatic N) is 1. The van der Waals surface area contributed by atoms with E-state index in [2.05, 4.69) is 17.9 Å². The minimum Gasteiger partial charge on any atom is -0.480 e. The normalized spacial score (nSPS) is 20.8. The number of fused-ring (bicyclic) bond motifs is 1. The van der Waals surface area contributed by atoms with Gasteiger partial charge in [-0.25, -0.2) is 0 Å². The van der Waals surface area contributed by atoms with Crippen LogP contribution >= 0.6 is 0 Å². The van der Waals surface area contributed by atoms with Crippen LogP contribution in [0.3, 0.4) is 0 Å². The zero-order valence-electron chi connectivity index (χ0n) is 9.97. The Morgan fingerprint density at radius 1 is 1.59 bits per heavy atom. The SMILES string of the molecule is CC1CCc2ccccc2N1CC(N)C(=O)O. The Bertz CT molecular complexity index is 420. The highest BCUT2D eigenvalue weighted by atomic mass is 16.4. The molecule has 3 N–H and O–H groups in total. The standard InChI is InChI=1S/C13H18N2O2/c1-9-6-7-10-4-2-3-5-12(10)15(9)8-11(14)13(16)17/h2-5,9,11H,6-8,14H2,1H3,(H,16,17). The highest BCUT2D eigenvalue weighted by Gasteiger charge is 2.26. The molecule has 2 rings (SSSR count). The number of hydrogen-bond donors (Lipinski definition) is 2. The van der Waals surface area contributed by atoms with Crippen molar-refractivity contribution >= 4 is 11.7 Å². The summed E-state index contributed by atoms with van der Waals surface area (Å²) in [5, 5.41) is 8.90. The molecule has 4 heteroatoms. The Labute approximate surface area is 101 Å². The van der Waals surface area contributed by atoms with Crippen LogP contribution in [0.5, 0.6) is 0 Å². The molecule has 92 valence electrons. The number of carbonyl (C=O) groups is 1. The predicted molar refractivity (Wildman–Crippen MR) is 67.2 cm³/mol. The molecule has 0 amide bonds. The van der Waals surface area contributed by atoms with Crippen molar-refractivity contribution in [2.75, 3.05) is 11.4 Å². The summed E-state index contributed by atoms with van der Waals surface area (Å²) >= 11 is 0. The first-order valence-electron chi connectivity index (χ1n) is 5.92. The number of aliphatic carboxylic acids is 1. The van der Waals surface area contributed by atoms with E-state index in [1.807, 2.05) is 18.2 Å². The number of para-hydroxylation sites is 1. The molecular weight excluding hydrogens is 216 g/mol. The molecule has 4 nitrogen and oxygen atoms in total. The van der Waals surface area contributed by atoms with Gasteiger partial charge in [-0.2, -0.15) is 0 Å². The van der Waals surface area contributed by atoms with Gasteiger partial charge in [-0.15, -0.1) is 0 Å². The maximum Gasteiger partial charge on any atom is 0.322 e. The second-order valence-electron chi connectivity index (χ2n) is 4.61. The number of benzene rings is 1. The van der Waals surface area contributed by atoms with E-state index in [4.69, 9.17) is 10.8 Å². The molecule has 0 aromatic heterocycles. The summed E-state index contributed by atoms with van der Waals surface area (Å²) in [6.07, 6.45) is 2.10. The number of rotatable bonds is 3. The van der Waals surface area contributed by atoms with E-state index in [9.17, 15) is 4.79 Å². The maximum absolute atomic E-state index is 10.8. The molecule has 0 bridgehead atoms. The van der Waals surface area contributed by atoms with E-state index >= 15 is 0 Å². The van der Waals surface area contributed by atoms with E-state index in [0.29, 0.717) is 12.6 Å². The van der Waals surface area contributed by atoms with Crippen LogP contribution in [0.25, 0.3) is 0 Å². The first-order valence-corrected chi connectivity index (χ1v) is 5.92. The highest BCUT2D eigenvalue weighted by Crippen LogP contribution is 2.30. The quantitative estimate of drug-likeness (QED) is 0.825. The maximum atomic E-state index is 10.8. The average molecular weight is 234 g/mol. The van der Waals surface area contributed by atoms with Crippen LogP contribution in [0.4, 0.5) is 5.69 Å². The van der Waals surface area contributed by atoms with E-state index in [1.54, 1.807) is 0 Å². The number of nitrogens with two attached hydrogens (primary N) is 1. The molecule has 0 saturated carbocycles. The smallest absolute Gasteiger partial charge is 0.322 e. The molecule has 0 aliphatic carbocycles. The summed E-state index contributed by atoms with van der Waals surface area (Å²) in [4.78, 5) is 12.9. The lowest BCUT2D eigenvalue weighted by atomic mass is 9.96. The predicted octanol–water partition coefficient (Wildman–Crippen LogP) is 1.24. The Morgan fingerprint density at radius 3 is 3.00 bits per heavy atom. The van der Waals surface area contributed by atoms with Crippen molar-refractivity contribution in [2.24, 2.45) is 5.73 Å². The van der Waals surface area contributed by atoms with Gasteiger partial charge in [0.25, 0.3) is 0 Å². The number of anilines is 1. The average Bonchev–Trinajstić information content (AvgIpc) is 2.32. The molecule has 1 aliphatic rings. The van der Waals surface area contributed by atoms with Gasteiger partial charge >= 0.3 is 5.97 Å². The summed E-state index contributed by atoms with van der Waals surface area (Å²) in [5.41, 5.74) is 8.03. The number of aryl methyl sites for hydroxylation is 1. The molecule has 1 aromatic rings. The fourth-order valence-electron chi connectivity index (χ4n) is 2.33. The highest BCUT2D eigenvalue weighted by molar-refractivity contribution is 5.74. The second-order valence-corrected chi connectivity index (χ2v) is 4.61. The Balaban J connectivity index is 2.23. The summed E-state index contributed by atoms with van der Waals surface area (Å²) in [6.45, 7) is 2.48. The number of carboxylic acids is 1. The second kappa shape index (κ2) is 4.75. The van der Waals surface area contributed by atoms with Crippen LogP contribution in [-0.2, 0) is 11.2 Å². The Hall–Kier alpha value is -1.55. The van der Waals surface area contributed by atoms with Crippen molar-refractivity contribution in [3.05, 3.63) is 29.8 Å². The zero-order valence-corrected chi connectivity index (χ0v) is 9.97. The van der Waals surface area contributed by atoms with Gasteiger partial charge in [-0.1, -0.05) is 18.2 Å². The van der Waals surface area contributed by atoms with Crippen molar-refractivity contribution in [1.29, 1.82) is 0 Å². The van der Waals surface area contributed by atoms with Gasteiger partial charge in [0, 0.05) is 18.3 Å². The molecule has 1 aromatic carbocycles. The van der Waals surface area contributed by atoms with Crippen molar-refractivity contribution in [3.8, 4) is 0 Å². The van der Waals surface area contributed by atoms with Gasteiger partial charge in [0.1, 0.15) is 6.04 Å². The lowest BCUT2D eigenvalue weighted by Gasteiger charge is -2.38. The van der Waals surface area contributed by atoms with E-state index in [1.165, 1.54) is 5.56 Å². The van der Waals surface area contributed by atoms with Gasteiger partial charge in [-0.05, 0) is 31.4 Å². The molecule has 2 atom stereocenters. The zero-order chi connectivity index (χ0) is 12.4. The van der Waals surface area contributed by atoms with Crippen LogP contribution in [0.2, 0.25) is 0 Å². The van der Waals surface area contributed by atoms with Gasteiger partial charge in [0.2, 0.25) is 0 Å². The van der Waals surface area contributed by atoms with Crippen molar-refractivity contribution in [2.45, 2.75) is 31.8 Å². The molecule has 1 aliphatic heterocycles. The monoisotopic (exact) mass is 234 g/mol. The molecule has 0 fully saturated rings. The third kappa shape index (κ3) is 2.42. The topological polar surface area (TPSA) is 66.6 Å². The minimum absolute atomic E-state index is 0.343. The van der Waals surface area contributed by atoms with Crippen LogP contribution in [0, 0.1) is 0 Å². The van der Waals surface area contributed by atoms with Crippen LogP contribution < -0.4 is 10.6 Å². The molecule has 2 unspecified atom stereocenters. The lowest BCUT2D eigenvalue weighted by Crippen LogP contribution is -2.48. The molecule has 0 saturated heterocycles. The minimum atomic E-state index is -0.944. The first kappa shape index (κ1) is 11.9. The molecular formula is C13H18N2O2. The molecule has 0 radical (unpaired) electrons. The molecule has 1 heterocycles. The summed E-state index contributed by atoms with van der Waals surface area (Å²) in [6, 6.07) is 7.65. The molecule has 0 spiro atoms. The number of carboxylic acid groups (broad SMARTS) is 1. The van der Waals surface area contributed by atoms with E-state index < -0.39 is 12.0 Å². The Kier molecular flexibility index (Phi) is 3.33. The van der Waals surface area contributed by atoms with Crippen molar-refractivity contribution in [1.82, 2.24) is 0 Å². The number of hydrogen-bond acceptors (Lipinski definition) is 3. The fraction of sp³-hybridized carbons (Fsp3) is 0.462. The largest absolute Gasteiger partial charge is 0.480 e. The third-order valence-electron chi connectivity index (χ3n) is 3.38. The van der Waals surface area contributed by atoms with E-state index in [-0.39, 0.29) is 0 Å². The Morgan fingerprint density at radius 2 is 2.29 bits per heavy atom. The van der Waals surface area contributed by atoms with Gasteiger partial charge in [0.15, 0.2) is 0 Å². The van der Waals surface area contributed by atoms with Crippen molar-refractivity contribution < 1.29 is 9.90 Å². The molecule has 17 heavy (non-hydrogen) atoms. The van der Waals surface area contributed by atoms with Gasteiger partial charge < -0.3 is 15.7 Å². The van der Waals surface area contributed by atoms with Crippen LogP contribution in [0.15, 0.2) is 24.3 Å². The van der Waals surface area contributed by atoms with Gasteiger partial charge in [-0.3, -0.25) is 4.79 Å². The van der Waals surface area contributed by atoms with Gasteiger partial charge in [0.05, 0.1) is 0 Å². The first-order chi connectivity index (χ1) is 8.09. The van der Waals surface area contributed by atoms with Crippen LogP contribution in [-0.4, -0.2) is 29.7 Å². The summed E-state index contributed by atoms with van der Waals surface area (Å²) in [7, 11) is 0. The summed E-state index contributed by atoms with van der Waals surface area (Å²) < 4.78 is 0. The van der Waals surface area contributed by atoms with Crippen molar-refractivity contribution in [3.63, 3.8) is 0 Å². The fourth-order valence-corrected chi connectivity index (χ4v) is 2.33.